The van der Waals surface area contributed by atoms with Crippen LogP contribution in [0.5, 0.6) is 0 Å². The Morgan fingerprint density at radius 1 is 1.06 bits per heavy atom. The fourth-order valence-electron chi connectivity index (χ4n) is 8.94. The van der Waals surface area contributed by atoms with Gasteiger partial charge in [-0.05, 0) is 85.5 Å². The average Bonchev–Trinajstić information content (AvgIpc) is 3.60. The summed E-state index contributed by atoms with van der Waals surface area (Å²) < 4.78 is 19.2. The summed E-state index contributed by atoms with van der Waals surface area (Å²) in [5.74, 6) is -1.86. The fourth-order valence-corrected chi connectivity index (χ4v) is 8.94. The van der Waals surface area contributed by atoms with E-state index in [-0.39, 0.29) is 43.9 Å². The summed E-state index contributed by atoms with van der Waals surface area (Å²) >= 11 is 0. The summed E-state index contributed by atoms with van der Waals surface area (Å²) in [6, 6.07) is 18.5. The van der Waals surface area contributed by atoms with Crippen LogP contribution in [0.4, 0.5) is 0 Å². The second kappa shape index (κ2) is 22.0. The number of cyclic esters (lactones) is 1. The van der Waals surface area contributed by atoms with Gasteiger partial charge in [-0.2, -0.15) is 0 Å². The van der Waals surface area contributed by atoms with Gasteiger partial charge in [0.05, 0.1) is 49.8 Å². The van der Waals surface area contributed by atoms with Crippen molar-refractivity contribution in [1.29, 1.82) is 0 Å². The molecule has 0 radical (unpaired) electrons. The number of likely N-dealkylation sites (N-methyl/N-ethyl adjacent to an activating group) is 1. The first-order chi connectivity index (χ1) is 31.2. The molecule has 6 bridgehead atoms. The minimum absolute atomic E-state index is 0.0522. The normalized spacial score (nSPS) is 18.6. The van der Waals surface area contributed by atoms with Crippen LogP contribution in [0.2, 0.25) is 0 Å². The zero-order chi connectivity index (χ0) is 46.8. The predicted molar refractivity (Wildman–Crippen MR) is 251 cm³/mol. The van der Waals surface area contributed by atoms with Crippen LogP contribution in [0, 0.1) is 11.3 Å². The minimum Gasteiger partial charge on any atom is -0.464 e. The lowest BCUT2D eigenvalue weighted by atomic mass is 9.84. The molecular weight excluding hydrogens is 825 g/mol. The Bertz CT molecular complexity index is 2400. The van der Waals surface area contributed by atoms with Gasteiger partial charge in [0.25, 0.3) is 5.91 Å². The van der Waals surface area contributed by atoms with Crippen LogP contribution in [-0.4, -0.2) is 121 Å². The maximum absolute atomic E-state index is 14.6. The third-order valence-electron chi connectivity index (χ3n) is 12.3. The third-order valence-corrected chi connectivity index (χ3v) is 12.3. The molecule has 6 rings (SSSR count). The van der Waals surface area contributed by atoms with E-state index in [0.29, 0.717) is 45.5 Å². The lowest BCUT2D eigenvalue weighted by molar-refractivity contribution is -0.155. The number of hydrogen-bond donors (Lipinski definition) is 2. The van der Waals surface area contributed by atoms with Crippen LogP contribution >= 0.6 is 0 Å². The Kier molecular flexibility index (Phi) is 16.5. The molecule has 0 saturated carbocycles. The Labute approximate surface area is 383 Å². The third kappa shape index (κ3) is 11.6. The maximum atomic E-state index is 14.6. The highest BCUT2D eigenvalue weighted by Gasteiger charge is 2.37. The van der Waals surface area contributed by atoms with Gasteiger partial charge in [0.1, 0.15) is 18.1 Å². The number of rotatable bonds is 14. The van der Waals surface area contributed by atoms with E-state index in [2.05, 4.69) is 88.5 Å². The lowest BCUT2D eigenvalue weighted by Gasteiger charge is -2.36. The SMILES string of the molecule is CCn1c(-c2cccnc2[C@H](C)OC)c2c3cc(ccc31)-c1cccc(c1)C[C@H](NC(=O)[C@H](C(C)C)N(C)C(=O)CCN=C=NCCOC)C(=O)N1CCC[C@H](N1)C(=O)OCC(C)(C)C2. The number of pyridine rings is 1. The smallest absolute Gasteiger partial charge is 0.324 e. The summed E-state index contributed by atoms with van der Waals surface area (Å²) in [5.41, 5.74) is 10.5. The summed E-state index contributed by atoms with van der Waals surface area (Å²) in [5, 5.41) is 5.56. The van der Waals surface area contributed by atoms with Crippen molar-refractivity contribution in [3.05, 3.63) is 77.6 Å². The number of esters is 1. The molecule has 1 fully saturated rings. The highest BCUT2D eigenvalue weighted by molar-refractivity contribution is 5.96. The molecule has 2 aromatic heterocycles. The summed E-state index contributed by atoms with van der Waals surface area (Å²) in [6.45, 7) is 14.3. The first-order valence-corrected chi connectivity index (χ1v) is 22.8. The molecule has 4 aromatic rings. The monoisotopic (exact) mass is 891 g/mol. The van der Waals surface area contributed by atoms with Crippen LogP contribution in [0.1, 0.15) is 83.7 Å². The van der Waals surface area contributed by atoms with Gasteiger partial charge in [0.15, 0.2) is 0 Å². The first kappa shape index (κ1) is 48.7. The summed E-state index contributed by atoms with van der Waals surface area (Å²) in [7, 11) is 4.87. The Balaban J connectivity index is 1.40. The first-order valence-electron chi connectivity index (χ1n) is 22.8. The van der Waals surface area contributed by atoms with E-state index in [1.54, 1.807) is 27.5 Å². The molecule has 2 aliphatic heterocycles. The molecule has 348 valence electrons. The number of benzene rings is 2. The largest absolute Gasteiger partial charge is 0.464 e. The molecule has 4 heterocycles. The van der Waals surface area contributed by atoms with Crippen molar-refractivity contribution < 1.29 is 33.4 Å². The van der Waals surface area contributed by atoms with Gasteiger partial charge in [-0.15, -0.1) is 0 Å². The van der Waals surface area contributed by atoms with Crippen LogP contribution in [-0.2, 0) is 52.8 Å². The Morgan fingerprint density at radius 3 is 2.57 bits per heavy atom. The number of nitrogens with one attached hydrogen (secondary N) is 2. The number of carbonyl (C=O) groups excluding carboxylic acids is 4. The number of aryl methyl sites for hydroxylation is 1. The number of aliphatic imine (C=N–C) groups is 2. The molecular formula is C50H66N8O7. The summed E-state index contributed by atoms with van der Waals surface area (Å²) in [4.78, 5) is 70.6. The van der Waals surface area contributed by atoms with Crippen molar-refractivity contribution in [2.24, 2.45) is 21.3 Å². The highest BCUT2D eigenvalue weighted by Crippen LogP contribution is 2.42. The van der Waals surface area contributed by atoms with Gasteiger partial charge in [-0.1, -0.05) is 58.0 Å². The second-order valence-electron chi connectivity index (χ2n) is 18.1. The molecule has 2 N–H and O–H groups in total. The molecule has 15 heteroatoms. The molecule has 0 unspecified atom stereocenters. The number of amides is 3. The van der Waals surface area contributed by atoms with Gasteiger partial charge in [0.2, 0.25) is 11.8 Å². The zero-order valence-electron chi connectivity index (χ0n) is 39.5. The molecule has 3 amide bonds. The van der Waals surface area contributed by atoms with Crippen molar-refractivity contribution in [2.45, 2.75) is 104 Å². The standard InChI is InChI=1S/C50H66N8O7/c1-10-57-42-19-18-36-28-38(42)39(46(57)37-16-12-21-53-44(37)33(4)64-9)29-50(5,6)30-65-49(62)40-17-13-24-58(55-40)48(61)41(27-34-14-11-15-35(36)26-34)54-47(60)45(32(2)3)56(7)43(59)20-22-51-31-52-23-25-63-8/h11-12,14-16,18-19,21,26,28,32-33,40-41,45,55H,10,13,17,20,22-25,27,29-30H2,1-9H3,(H,54,60)/t33-,40-,41-,45-/m0/s1. The van der Waals surface area contributed by atoms with E-state index in [9.17, 15) is 19.2 Å². The van der Waals surface area contributed by atoms with E-state index >= 15 is 0 Å². The Morgan fingerprint density at radius 2 is 1.83 bits per heavy atom. The molecule has 1 saturated heterocycles. The lowest BCUT2D eigenvalue weighted by Crippen LogP contribution is -2.62. The van der Waals surface area contributed by atoms with Gasteiger partial charge >= 0.3 is 5.97 Å². The average molecular weight is 891 g/mol. The van der Waals surface area contributed by atoms with E-state index in [0.717, 1.165) is 50.1 Å². The quantitative estimate of drug-likeness (QED) is 0.0823. The van der Waals surface area contributed by atoms with Crippen molar-refractivity contribution in [1.82, 2.24) is 30.2 Å². The molecule has 0 spiro atoms. The molecule has 4 atom stereocenters. The molecule has 2 aliphatic rings. The number of hydrazine groups is 1. The predicted octanol–water partition coefficient (Wildman–Crippen LogP) is 6.44. The number of methoxy groups -OCH3 is 2. The van der Waals surface area contributed by atoms with Gasteiger partial charge < -0.3 is 29.0 Å². The van der Waals surface area contributed by atoms with Gasteiger partial charge in [0, 0.05) is 75.3 Å². The number of aromatic nitrogens is 2. The summed E-state index contributed by atoms with van der Waals surface area (Å²) in [6.07, 6.45) is 3.38. The van der Waals surface area contributed by atoms with Crippen LogP contribution in [0.3, 0.4) is 0 Å². The topological polar surface area (TPSA) is 169 Å². The van der Waals surface area contributed by atoms with E-state index in [4.69, 9.17) is 19.2 Å². The highest BCUT2D eigenvalue weighted by atomic mass is 16.5. The van der Waals surface area contributed by atoms with Crippen molar-refractivity contribution in [2.75, 3.05) is 54.1 Å². The molecule has 65 heavy (non-hydrogen) atoms. The fraction of sp³-hybridized carbons (Fsp3) is 0.520. The van der Waals surface area contributed by atoms with Crippen molar-refractivity contribution in [3.63, 3.8) is 0 Å². The number of carbonyl (C=O) groups is 4. The van der Waals surface area contributed by atoms with Gasteiger partial charge in [-0.25, -0.2) is 15.4 Å². The van der Waals surface area contributed by atoms with Crippen LogP contribution < -0.4 is 10.7 Å². The number of nitrogens with zero attached hydrogens (tertiary/aromatic N) is 6. The number of fused-ring (bicyclic) bond motifs is 6. The molecule has 0 aliphatic carbocycles. The van der Waals surface area contributed by atoms with Gasteiger partial charge in [-0.3, -0.25) is 29.2 Å². The van der Waals surface area contributed by atoms with E-state index < -0.39 is 41.3 Å². The second-order valence-corrected chi connectivity index (χ2v) is 18.1. The maximum Gasteiger partial charge on any atom is 0.324 e. The van der Waals surface area contributed by atoms with Crippen molar-refractivity contribution >= 4 is 40.6 Å². The number of hydrogen-bond acceptors (Lipinski definition) is 11. The number of ether oxygens (including phenoxy) is 3. The van der Waals surface area contributed by atoms with Crippen LogP contribution in [0.15, 0.2) is 70.8 Å². The minimum atomic E-state index is -1.03. The molecule has 15 nitrogen and oxygen atoms in total. The Hall–Kier alpha value is -5.73. The molecule has 2 aromatic carbocycles. The van der Waals surface area contributed by atoms with Crippen LogP contribution in [0.25, 0.3) is 33.3 Å². The zero-order valence-corrected chi connectivity index (χ0v) is 39.5. The van der Waals surface area contributed by atoms with E-state index in [1.807, 2.05) is 39.0 Å². The van der Waals surface area contributed by atoms with E-state index in [1.165, 1.54) is 9.91 Å². The van der Waals surface area contributed by atoms with Crippen molar-refractivity contribution in [3.8, 4) is 22.4 Å².